The molecule has 1 N–H and O–H groups in total. The molecule has 42 heavy (non-hydrogen) atoms. The molecule has 12 heteroatoms. The monoisotopic (exact) mass is 596 g/mol. The number of rotatable bonds is 14. The summed E-state index contributed by atoms with van der Waals surface area (Å²) in [5, 5.41) is 14.5. The molecule has 0 aliphatic carbocycles. The van der Waals surface area contributed by atoms with E-state index < -0.39 is 33.4 Å². The van der Waals surface area contributed by atoms with Crippen LogP contribution < -0.4 is 14.4 Å². The first-order chi connectivity index (χ1) is 19.9. The number of hydrogen-bond acceptors (Lipinski definition) is 7. The molecule has 0 saturated carbocycles. The van der Waals surface area contributed by atoms with Crippen LogP contribution in [0, 0.1) is 10.1 Å². The van der Waals surface area contributed by atoms with E-state index in [4.69, 9.17) is 4.74 Å². The number of benzene rings is 3. The molecule has 0 aliphatic heterocycles. The summed E-state index contributed by atoms with van der Waals surface area (Å²) >= 11 is 0. The van der Waals surface area contributed by atoms with Crippen LogP contribution in [-0.2, 0) is 32.6 Å². The minimum atomic E-state index is -4.14. The van der Waals surface area contributed by atoms with Crippen LogP contribution in [0.1, 0.15) is 31.4 Å². The molecule has 0 saturated heterocycles. The van der Waals surface area contributed by atoms with Crippen molar-refractivity contribution in [3.05, 3.63) is 100 Å². The van der Waals surface area contributed by atoms with E-state index in [1.54, 1.807) is 12.1 Å². The molecule has 0 fully saturated rings. The Bertz CT molecular complexity index is 1480. The van der Waals surface area contributed by atoms with Gasteiger partial charge in [0.05, 0.1) is 18.3 Å². The maximum absolute atomic E-state index is 14.2. The van der Waals surface area contributed by atoms with Gasteiger partial charge in [-0.05, 0) is 30.5 Å². The third kappa shape index (κ3) is 8.53. The number of methoxy groups -OCH3 is 1. The largest absolute Gasteiger partial charge is 0.495 e. The van der Waals surface area contributed by atoms with Crippen molar-refractivity contribution in [2.75, 3.05) is 24.2 Å². The second-order valence-corrected chi connectivity index (χ2v) is 11.8. The van der Waals surface area contributed by atoms with Crippen LogP contribution in [0.4, 0.5) is 11.4 Å². The van der Waals surface area contributed by atoms with Crippen molar-refractivity contribution < 1.29 is 27.7 Å². The molecule has 0 aliphatic rings. The molecule has 224 valence electrons. The van der Waals surface area contributed by atoms with Gasteiger partial charge in [-0.3, -0.25) is 24.0 Å². The van der Waals surface area contributed by atoms with Crippen LogP contribution in [0.15, 0.2) is 78.9 Å². The molecule has 0 heterocycles. The first-order valence-electron chi connectivity index (χ1n) is 13.4. The van der Waals surface area contributed by atoms with Gasteiger partial charge in [0.1, 0.15) is 24.0 Å². The highest BCUT2D eigenvalue weighted by Crippen LogP contribution is 2.34. The van der Waals surface area contributed by atoms with Crippen molar-refractivity contribution in [3.8, 4) is 5.75 Å². The van der Waals surface area contributed by atoms with E-state index >= 15 is 0 Å². The summed E-state index contributed by atoms with van der Waals surface area (Å²) in [6.45, 7) is 3.10. The quantitative estimate of drug-likeness (QED) is 0.220. The minimum Gasteiger partial charge on any atom is -0.495 e. The van der Waals surface area contributed by atoms with E-state index in [1.807, 2.05) is 62.4 Å². The third-order valence-electron chi connectivity index (χ3n) is 6.79. The van der Waals surface area contributed by atoms with E-state index in [-0.39, 0.29) is 42.0 Å². The number of nitro benzene ring substituents is 1. The Kier molecular flexibility index (Phi) is 11.0. The van der Waals surface area contributed by atoms with Crippen LogP contribution >= 0.6 is 0 Å². The summed E-state index contributed by atoms with van der Waals surface area (Å²) in [5.41, 5.74) is 1.01. The van der Waals surface area contributed by atoms with Gasteiger partial charge >= 0.3 is 0 Å². The Balaban J connectivity index is 2.11. The fourth-order valence-electron chi connectivity index (χ4n) is 4.36. The normalized spacial score (nSPS) is 12.6. The number of carbonyl (C=O) groups is 2. The van der Waals surface area contributed by atoms with Gasteiger partial charge in [0, 0.05) is 31.1 Å². The summed E-state index contributed by atoms with van der Waals surface area (Å²) in [5.74, 6) is -1.02. The predicted molar refractivity (Wildman–Crippen MR) is 161 cm³/mol. The molecular weight excluding hydrogens is 560 g/mol. The molecule has 3 aromatic carbocycles. The lowest BCUT2D eigenvalue weighted by molar-refractivity contribution is -0.384. The van der Waals surface area contributed by atoms with Crippen LogP contribution in [-0.4, -0.2) is 62.0 Å². The highest BCUT2D eigenvalue weighted by molar-refractivity contribution is 7.92. The molecule has 0 spiro atoms. The fraction of sp³-hybridized carbons (Fsp3) is 0.333. The van der Waals surface area contributed by atoms with Crippen molar-refractivity contribution in [1.29, 1.82) is 0 Å². The van der Waals surface area contributed by atoms with Crippen molar-refractivity contribution in [2.24, 2.45) is 0 Å². The third-order valence-corrected chi connectivity index (χ3v) is 7.92. The SMILES string of the molecule is CC[C@H](C)NC(=O)[C@H](Cc1ccccc1)N(Cc1ccccc1)C(=O)CN(c1cc([N+](=O)[O-])ccc1OC)S(C)(=O)=O. The molecule has 3 rings (SSSR count). The number of nitrogens with zero attached hydrogens (tertiary/aromatic N) is 3. The summed E-state index contributed by atoms with van der Waals surface area (Å²) in [4.78, 5) is 40.0. The highest BCUT2D eigenvalue weighted by Gasteiger charge is 2.34. The summed E-state index contributed by atoms with van der Waals surface area (Å²) in [6.07, 6.45) is 1.75. The van der Waals surface area contributed by atoms with Gasteiger partial charge in [0.15, 0.2) is 0 Å². The van der Waals surface area contributed by atoms with Gasteiger partial charge in [-0.25, -0.2) is 8.42 Å². The maximum Gasteiger partial charge on any atom is 0.271 e. The minimum absolute atomic E-state index is 0.0226. The second kappa shape index (κ2) is 14.4. The number of nitrogens with one attached hydrogen (secondary N) is 1. The van der Waals surface area contributed by atoms with Gasteiger partial charge in [-0.1, -0.05) is 67.6 Å². The average molecular weight is 597 g/mol. The summed E-state index contributed by atoms with van der Waals surface area (Å²) in [7, 11) is -2.84. The Morgan fingerprint density at radius 3 is 2.12 bits per heavy atom. The zero-order chi connectivity index (χ0) is 30.9. The van der Waals surface area contributed by atoms with E-state index in [2.05, 4.69) is 5.32 Å². The smallest absolute Gasteiger partial charge is 0.271 e. The Morgan fingerprint density at radius 2 is 1.60 bits per heavy atom. The topological polar surface area (TPSA) is 139 Å². The number of carbonyl (C=O) groups excluding carboxylic acids is 2. The highest BCUT2D eigenvalue weighted by atomic mass is 32.2. The predicted octanol–water partition coefficient (Wildman–Crippen LogP) is 3.92. The number of hydrogen-bond donors (Lipinski definition) is 1. The molecule has 0 unspecified atom stereocenters. The van der Waals surface area contributed by atoms with Crippen LogP contribution in [0.2, 0.25) is 0 Å². The molecule has 3 aromatic rings. The molecule has 0 bridgehead atoms. The summed E-state index contributed by atoms with van der Waals surface area (Å²) < 4.78 is 32.1. The van der Waals surface area contributed by atoms with E-state index in [0.717, 1.165) is 27.8 Å². The van der Waals surface area contributed by atoms with Gasteiger partial charge in [-0.15, -0.1) is 0 Å². The van der Waals surface area contributed by atoms with Gasteiger partial charge in [0.25, 0.3) is 5.69 Å². The van der Waals surface area contributed by atoms with Crippen molar-refractivity contribution in [3.63, 3.8) is 0 Å². The average Bonchev–Trinajstić information content (AvgIpc) is 2.97. The first kappa shape index (κ1) is 32.1. The number of non-ortho nitro benzene ring substituents is 1. The molecule has 0 aromatic heterocycles. The molecule has 2 atom stereocenters. The molecule has 0 radical (unpaired) electrons. The molecule has 11 nitrogen and oxygen atoms in total. The van der Waals surface area contributed by atoms with Gasteiger partial charge in [0.2, 0.25) is 21.8 Å². The number of anilines is 1. The lowest BCUT2D eigenvalue weighted by Gasteiger charge is -2.34. The van der Waals surface area contributed by atoms with E-state index in [0.29, 0.717) is 6.42 Å². The van der Waals surface area contributed by atoms with Gasteiger partial charge in [-0.2, -0.15) is 0 Å². The van der Waals surface area contributed by atoms with Crippen molar-refractivity contribution in [2.45, 2.75) is 45.3 Å². The maximum atomic E-state index is 14.2. The van der Waals surface area contributed by atoms with Crippen LogP contribution in [0.3, 0.4) is 0 Å². The lowest BCUT2D eigenvalue weighted by atomic mass is 10.0. The number of sulfonamides is 1. The zero-order valence-electron chi connectivity index (χ0n) is 24.1. The lowest BCUT2D eigenvalue weighted by Crippen LogP contribution is -2.54. The van der Waals surface area contributed by atoms with Crippen molar-refractivity contribution in [1.82, 2.24) is 10.2 Å². The Morgan fingerprint density at radius 1 is 1.00 bits per heavy atom. The number of amides is 2. The number of nitro groups is 1. The first-order valence-corrected chi connectivity index (χ1v) is 15.3. The molecular formula is C30H36N4O7S. The molecule has 2 amide bonds. The summed E-state index contributed by atoms with van der Waals surface area (Å²) in [6, 6.07) is 20.6. The Hall–Kier alpha value is -4.45. The van der Waals surface area contributed by atoms with Crippen molar-refractivity contribution >= 4 is 33.2 Å². The van der Waals surface area contributed by atoms with E-state index in [9.17, 15) is 28.1 Å². The number of ether oxygens (including phenoxy) is 1. The fourth-order valence-corrected chi connectivity index (χ4v) is 5.20. The van der Waals surface area contributed by atoms with Crippen LogP contribution in [0.5, 0.6) is 5.75 Å². The zero-order valence-corrected chi connectivity index (χ0v) is 24.9. The van der Waals surface area contributed by atoms with E-state index in [1.165, 1.54) is 24.1 Å². The Labute approximate surface area is 246 Å². The second-order valence-electron chi connectivity index (χ2n) is 9.91. The standard InChI is InChI=1S/C30H36N4O7S/c1-5-22(2)31-30(36)27(18-23-12-8-6-9-13-23)32(20-24-14-10-7-11-15-24)29(35)21-33(42(4,39)40)26-19-25(34(37)38)16-17-28(26)41-3/h6-17,19,22,27H,5,18,20-21H2,1-4H3,(H,31,36)/t22-,27-/m0/s1. The van der Waals surface area contributed by atoms with Gasteiger partial charge < -0.3 is 15.0 Å². The van der Waals surface area contributed by atoms with Crippen LogP contribution in [0.25, 0.3) is 0 Å².